The van der Waals surface area contributed by atoms with E-state index in [1.165, 1.54) is 6.33 Å². The first-order chi connectivity index (χ1) is 11.0. The lowest BCUT2D eigenvalue weighted by molar-refractivity contribution is 0.804. The number of nitrogens with two attached hydrogens (primary N) is 1. The monoisotopic (exact) mass is 328 g/mol. The molecule has 0 bridgehead atoms. The van der Waals surface area contributed by atoms with E-state index >= 15 is 0 Å². The van der Waals surface area contributed by atoms with Crippen LogP contribution in [0.15, 0.2) is 30.6 Å². The lowest BCUT2D eigenvalue weighted by Crippen LogP contribution is -2.10. The fourth-order valence-electron chi connectivity index (χ4n) is 2.39. The largest absolute Gasteiger partial charge is 0.393 e. The number of aryl methyl sites for hydroxylation is 3. The van der Waals surface area contributed by atoms with Crippen molar-refractivity contribution in [3.63, 3.8) is 0 Å². The van der Waals surface area contributed by atoms with Crippen LogP contribution in [0.4, 0.5) is 17.2 Å². The second-order valence-corrected chi connectivity index (χ2v) is 5.82. The van der Waals surface area contributed by atoms with Gasteiger partial charge in [0.15, 0.2) is 11.6 Å². The van der Waals surface area contributed by atoms with Crippen molar-refractivity contribution < 1.29 is 0 Å². The van der Waals surface area contributed by atoms with Crippen molar-refractivity contribution in [3.05, 3.63) is 52.6 Å². The Bertz CT molecular complexity index is 871. The Balaban J connectivity index is 2.01. The van der Waals surface area contributed by atoms with Crippen LogP contribution in [0.25, 0.3) is 5.82 Å². The number of hydrogen-bond acceptors (Lipinski definition) is 5. The number of benzene rings is 1. The predicted octanol–water partition coefficient (Wildman–Crippen LogP) is 3.57. The van der Waals surface area contributed by atoms with Crippen LogP contribution in [0.3, 0.4) is 0 Å². The molecular weight excluding hydrogens is 312 g/mol. The average Bonchev–Trinajstić information content (AvgIpc) is 2.82. The molecule has 2 aromatic heterocycles. The Kier molecular flexibility index (Phi) is 3.92. The highest BCUT2D eigenvalue weighted by molar-refractivity contribution is 6.30. The zero-order valence-corrected chi connectivity index (χ0v) is 13.9. The first kappa shape index (κ1) is 15.3. The lowest BCUT2D eigenvalue weighted by Gasteiger charge is -2.13. The second kappa shape index (κ2) is 5.89. The molecule has 118 valence electrons. The van der Waals surface area contributed by atoms with Crippen molar-refractivity contribution in [2.45, 2.75) is 20.8 Å². The maximum absolute atomic E-state index is 6.25. The molecule has 6 nitrogen and oxygen atoms in total. The van der Waals surface area contributed by atoms with Gasteiger partial charge in [-0.1, -0.05) is 11.6 Å². The number of nitrogens with zero attached hydrogens (tertiary/aromatic N) is 4. The smallest absolute Gasteiger partial charge is 0.182 e. The highest BCUT2D eigenvalue weighted by atomic mass is 35.5. The molecule has 0 saturated heterocycles. The number of nitrogens with one attached hydrogen (secondary N) is 1. The summed E-state index contributed by atoms with van der Waals surface area (Å²) < 4.78 is 1.71. The first-order valence-electron chi connectivity index (χ1n) is 7.13. The van der Waals surface area contributed by atoms with Crippen LogP contribution < -0.4 is 11.1 Å². The van der Waals surface area contributed by atoms with E-state index < -0.39 is 0 Å². The molecule has 23 heavy (non-hydrogen) atoms. The molecule has 3 rings (SSSR count). The topological polar surface area (TPSA) is 81.7 Å². The Morgan fingerprint density at radius 2 is 1.91 bits per heavy atom. The van der Waals surface area contributed by atoms with Crippen LogP contribution in [0.1, 0.15) is 17.0 Å². The maximum Gasteiger partial charge on any atom is 0.182 e. The molecular formula is C16H17ClN6. The van der Waals surface area contributed by atoms with Crippen LogP contribution in [0, 0.1) is 20.8 Å². The van der Waals surface area contributed by atoms with E-state index in [-0.39, 0.29) is 0 Å². The predicted molar refractivity (Wildman–Crippen MR) is 92.5 cm³/mol. The van der Waals surface area contributed by atoms with Gasteiger partial charge in [0.05, 0.1) is 5.69 Å². The van der Waals surface area contributed by atoms with Gasteiger partial charge in [0, 0.05) is 16.4 Å². The molecule has 3 N–H and O–H groups in total. The molecule has 1 aromatic carbocycles. The number of nitrogen functional groups attached to an aromatic ring is 1. The van der Waals surface area contributed by atoms with Crippen molar-refractivity contribution in [2.75, 3.05) is 11.1 Å². The van der Waals surface area contributed by atoms with Gasteiger partial charge in [-0.2, -0.15) is 5.10 Å². The van der Waals surface area contributed by atoms with E-state index in [1.54, 1.807) is 4.68 Å². The summed E-state index contributed by atoms with van der Waals surface area (Å²) in [6.07, 6.45) is 1.47. The third-order valence-electron chi connectivity index (χ3n) is 3.51. The lowest BCUT2D eigenvalue weighted by atomic mass is 10.2. The molecule has 0 aliphatic heterocycles. The Hall–Kier alpha value is -2.60. The van der Waals surface area contributed by atoms with Gasteiger partial charge in [0.25, 0.3) is 0 Å². The molecule has 0 amide bonds. The number of halogens is 1. The summed E-state index contributed by atoms with van der Waals surface area (Å²) in [5.74, 6) is 1.09. The van der Waals surface area contributed by atoms with Gasteiger partial charge in [-0.05, 0) is 50.6 Å². The van der Waals surface area contributed by atoms with E-state index in [2.05, 4.69) is 20.4 Å². The van der Waals surface area contributed by atoms with Gasteiger partial charge >= 0.3 is 0 Å². The minimum atomic E-state index is 0.438. The van der Waals surface area contributed by atoms with Crippen molar-refractivity contribution in [1.29, 1.82) is 0 Å². The van der Waals surface area contributed by atoms with Crippen LogP contribution in [0.5, 0.6) is 0 Å². The molecule has 7 heteroatoms. The molecule has 2 heterocycles. The summed E-state index contributed by atoms with van der Waals surface area (Å²) in [5.41, 5.74) is 10.4. The standard InChI is InChI=1S/C16H17ClN6/c1-9-6-12(17)4-5-13(9)21-15-14(18)16(20-8-19-15)23-11(3)7-10(2)22-23/h4-8H,18H2,1-3H3,(H,19,20,21). The van der Waals surface area contributed by atoms with E-state index in [0.29, 0.717) is 22.3 Å². The Morgan fingerprint density at radius 1 is 1.13 bits per heavy atom. The minimum Gasteiger partial charge on any atom is -0.393 e. The van der Waals surface area contributed by atoms with Crippen LogP contribution in [-0.2, 0) is 0 Å². The van der Waals surface area contributed by atoms with E-state index in [0.717, 1.165) is 22.6 Å². The van der Waals surface area contributed by atoms with Crippen LogP contribution >= 0.6 is 11.6 Å². The molecule has 0 radical (unpaired) electrons. The van der Waals surface area contributed by atoms with Gasteiger partial charge in [-0.3, -0.25) is 0 Å². The molecule has 3 aromatic rings. The maximum atomic E-state index is 6.25. The summed E-state index contributed by atoms with van der Waals surface area (Å²) in [7, 11) is 0. The molecule has 0 aliphatic rings. The van der Waals surface area contributed by atoms with Gasteiger partial charge in [0.1, 0.15) is 12.0 Å². The van der Waals surface area contributed by atoms with Gasteiger partial charge in [0.2, 0.25) is 0 Å². The highest BCUT2D eigenvalue weighted by Gasteiger charge is 2.13. The highest BCUT2D eigenvalue weighted by Crippen LogP contribution is 2.28. The SMILES string of the molecule is Cc1cc(C)n(-c2ncnc(Nc3ccc(Cl)cc3C)c2N)n1. The summed E-state index contributed by atoms with van der Waals surface area (Å²) in [4.78, 5) is 8.50. The first-order valence-corrected chi connectivity index (χ1v) is 7.51. The van der Waals surface area contributed by atoms with Crippen molar-refractivity contribution in [2.24, 2.45) is 0 Å². The molecule has 0 fully saturated rings. The van der Waals surface area contributed by atoms with Crippen LogP contribution in [-0.4, -0.2) is 19.7 Å². The average molecular weight is 329 g/mol. The minimum absolute atomic E-state index is 0.438. The zero-order valence-electron chi connectivity index (χ0n) is 13.1. The van der Waals surface area contributed by atoms with E-state index in [1.807, 2.05) is 45.0 Å². The van der Waals surface area contributed by atoms with E-state index in [4.69, 9.17) is 17.3 Å². The van der Waals surface area contributed by atoms with Gasteiger partial charge in [-0.25, -0.2) is 14.6 Å². The quantitative estimate of drug-likeness (QED) is 0.768. The third-order valence-corrected chi connectivity index (χ3v) is 3.75. The van der Waals surface area contributed by atoms with Gasteiger partial charge in [-0.15, -0.1) is 0 Å². The molecule has 0 saturated carbocycles. The number of hydrogen-bond donors (Lipinski definition) is 2. The molecule has 0 atom stereocenters. The number of rotatable bonds is 3. The fraction of sp³-hybridized carbons (Fsp3) is 0.188. The second-order valence-electron chi connectivity index (χ2n) is 5.38. The molecule has 0 spiro atoms. The van der Waals surface area contributed by atoms with Crippen molar-refractivity contribution in [1.82, 2.24) is 19.7 Å². The summed E-state index contributed by atoms with van der Waals surface area (Å²) in [6.45, 7) is 5.85. The molecule has 0 unspecified atom stereocenters. The van der Waals surface area contributed by atoms with Crippen molar-refractivity contribution in [3.8, 4) is 5.82 Å². The zero-order chi connectivity index (χ0) is 16.6. The summed E-state index contributed by atoms with van der Waals surface area (Å²) >= 11 is 5.99. The Morgan fingerprint density at radius 3 is 2.57 bits per heavy atom. The number of aromatic nitrogens is 4. The third kappa shape index (κ3) is 2.98. The normalized spacial score (nSPS) is 10.8. The Labute approximate surface area is 139 Å². The summed E-state index contributed by atoms with van der Waals surface area (Å²) in [6, 6.07) is 7.56. The number of anilines is 3. The van der Waals surface area contributed by atoms with E-state index in [9.17, 15) is 0 Å². The summed E-state index contributed by atoms with van der Waals surface area (Å²) in [5, 5.41) is 8.34. The van der Waals surface area contributed by atoms with Crippen molar-refractivity contribution >= 4 is 28.8 Å². The van der Waals surface area contributed by atoms with Gasteiger partial charge < -0.3 is 11.1 Å². The fourth-order valence-corrected chi connectivity index (χ4v) is 2.62. The van der Waals surface area contributed by atoms with Crippen LogP contribution in [0.2, 0.25) is 5.02 Å². The molecule has 0 aliphatic carbocycles.